The summed E-state index contributed by atoms with van der Waals surface area (Å²) >= 11 is 0. The minimum Gasteiger partial charge on any atom is -0.481 e. The molecule has 0 spiro atoms. The third kappa shape index (κ3) is 7.42. The fraction of sp³-hybridized carbons (Fsp3) is 0.667. The molecule has 0 saturated carbocycles. The number of Topliss-reactive ketones (excluding diaryl/α,β-unsaturated/α-hetero) is 2. The van der Waals surface area contributed by atoms with Crippen molar-refractivity contribution in [1.82, 2.24) is 0 Å². The van der Waals surface area contributed by atoms with E-state index < -0.39 is 5.97 Å². The maximum absolute atomic E-state index is 11.0. The third-order valence-electron chi connectivity index (χ3n) is 1.69. The zero-order valence-corrected chi connectivity index (χ0v) is 7.86. The van der Waals surface area contributed by atoms with Crippen molar-refractivity contribution < 1.29 is 24.6 Å². The van der Waals surface area contributed by atoms with Gasteiger partial charge in [0, 0.05) is 32.3 Å². The van der Waals surface area contributed by atoms with Gasteiger partial charge in [-0.1, -0.05) is 0 Å². The fourth-order valence-electron chi connectivity index (χ4n) is 0.900. The van der Waals surface area contributed by atoms with E-state index >= 15 is 0 Å². The van der Waals surface area contributed by atoms with Gasteiger partial charge in [-0.05, 0) is 0 Å². The SMILES string of the molecule is O=C(O)CCC(=O)CCC(=O)CCO. The predicted molar refractivity (Wildman–Crippen MR) is 47.8 cm³/mol. The van der Waals surface area contributed by atoms with Crippen LogP contribution in [-0.4, -0.2) is 34.4 Å². The lowest BCUT2D eigenvalue weighted by Crippen LogP contribution is -2.07. The second kappa shape index (κ2) is 7.20. The van der Waals surface area contributed by atoms with E-state index in [1.807, 2.05) is 0 Å². The summed E-state index contributed by atoms with van der Waals surface area (Å²) in [5.74, 6) is -1.41. The Morgan fingerprint density at radius 3 is 1.64 bits per heavy atom. The molecular weight excluding hydrogens is 188 g/mol. The van der Waals surface area contributed by atoms with Crippen LogP contribution in [0.3, 0.4) is 0 Å². The molecule has 0 aliphatic heterocycles. The lowest BCUT2D eigenvalue weighted by Gasteiger charge is -1.98. The molecule has 0 atom stereocenters. The van der Waals surface area contributed by atoms with Crippen LogP contribution < -0.4 is 0 Å². The van der Waals surface area contributed by atoms with Gasteiger partial charge in [-0.15, -0.1) is 0 Å². The standard InChI is InChI=1S/C9H14O5/c10-6-5-8(12)2-1-7(11)3-4-9(13)14/h10H,1-6H2,(H,13,14). The number of carboxylic acids is 1. The van der Waals surface area contributed by atoms with Crippen LogP contribution in [-0.2, 0) is 14.4 Å². The number of carbonyl (C=O) groups excluding carboxylic acids is 2. The van der Waals surface area contributed by atoms with Crippen molar-refractivity contribution in [3.05, 3.63) is 0 Å². The third-order valence-corrected chi connectivity index (χ3v) is 1.69. The van der Waals surface area contributed by atoms with E-state index in [1.54, 1.807) is 0 Å². The lowest BCUT2D eigenvalue weighted by molar-refractivity contribution is -0.138. The first kappa shape index (κ1) is 12.8. The molecule has 0 aliphatic rings. The molecule has 0 aliphatic carbocycles. The maximum atomic E-state index is 11.0. The molecule has 5 nitrogen and oxygen atoms in total. The Bertz CT molecular complexity index is 221. The average molecular weight is 202 g/mol. The minimum atomic E-state index is -1.01. The van der Waals surface area contributed by atoms with Crippen LogP contribution in [0.25, 0.3) is 0 Å². The Hall–Kier alpha value is -1.23. The van der Waals surface area contributed by atoms with Gasteiger partial charge in [0.1, 0.15) is 11.6 Å². The molecule has 0 amide bonds. The molecule has 0 bridgehead atoms. The molecule has 0 fully saturated rings. The summed E-state index contributed by atoms with van der Waals surface area (Å²) in [5.41, 5.74) is 0. The number of rotatable bonds is 8. The van der Waals surface area contributed by atoms with Gasteiger partial charge in [-0.25, -0.2) is 0 Å². The molecule has 0 aromatic heterocycles. The highest BCUT2D eigenvalue weighted by atomic mass is 16.4. The lowest BCUT2D eigenvalue weighted by atomic mass is 10.1. The molecular formula is C9H14O5. The number of aliphatic carboxylic acids is 1. The van der Waals surface area contributed by atoms with Crippen LogP contribution in [0.15, 0.2) is 0 Å². The van der Waals surface area contributed by atoms with E-state index in [0.29, 0.717) is 0 Å². The van der Waals surface area contributed by atoms with Gasteiger partial charge in [0.2, 0.25) is 0 Å². The van der Waals surface area contributed by atoms with Gasteiger partial charge in [0.05, 0.1) is 6.42 Å². The summed E-state index contributed by atoms with van der Waals surface area (Å²) in [6.45, 7) is -0.206. The molecule has 0 aromatic rings. The van der Waals surface area contributed by atoms with Crippen LogP contribution >= 0.6 is 0 Å². The molecule has 0 rings (SSSR count). The first-order chi connectivity index (χ1) is 6.56. The second-order valence-corrected chi connectivity index (χ2v) is 2.94. The number of aliphatic hydroxyl groups excluding tert-OH is 1. The normalized spacial score (nSPS) is 9.79. The molecule has 14 heavy (non-hydrogen) atoms. The van der Waals surface area contributed by atoms with Gasteiger partial charge in [0.15, 0.2) is 0 Å². The minimum absolute atomic E-state index is 0.0261. The highest BCUT2D eigenvalue weighted by Crippen LogP contribution is 2.01. The second-order valence-electron chi connectivity index (χ2n) is 2.94. The van der Waals surface area contributed by atoms with Crippen LogP contribution in [0.4, 0.5) is 0 Å². The highest BCUT2D eigenvalue weighted by Gasteiger charge is 2.08. The van der Waals surface area contributed by atoms with E-state index in [-0.39, 0.29) is 50.3 Å². The van der Waals surface area contributed by atoms with Gasteiger partial charge < -0.3 is 10.2 Å². The molecule has 0 unspecified atom stereocenters. The fourth-order valence-corrected chi connectivity index (χ4v) is 0.900. The summed E-state index contributed by atoms with van der Waals surface area (Å²) < 4.78 is 0. The van der Waals surface area contributed by atoms with Crippen molar-refractivity contribution in [2.24, 2.45) is 0 Å². The Morgan fingerprint density at radius 2 is 1.21 bits per heavy atom. The molecule has 0 aromatic carbocycles. The van der Waals surface area contributed by atoms with Crippen molar-refractivity contribution in [2.75, 3.05) is 6.61 Å². The highest BCUT2D eigenvalue weighted by molar-refractivity contribution is 5.87. The first-order valence-corrected chi connectivity index (χ1v) is 4.42. The first-order valence-electron chi connectivity index (χ1n) is 4.42. The van der Waals surface area contributed by atoms with E-state index in [0.717, 1.165) is 0 Å². The van der Waals surface area contributed by atoms with Crippen molar-refractivity contribution in [3.63, 3.8) is 0 Å². The summed E-state index contributed by atoms with van der Waals surface area (Å²) in [4.78, 5) is 31.9. The number of carbonyl (C=O) groups is 3. The zero-order chi connectivity index (χ0) is 11.0. The molecule has 5 heteroatoms. The monoisotopic (exact) mass is 202 g/mol. The number of aliphatic hydroxyl groups is 1. The summed E-state index contributed by atoms with van der Waals surface area (Å²) in [6.07, 6.45) is 0.0199. The topological polar surface area (TPSA) is 91.7 Å². The Labute approximate surface area is 81.7 Å². The van der Waals surface area contributed by atoms with Gasteiger partial charge in [-0.3, -0.25) is 14.4 Å². The molecule has 0 saturated heterocycles. The maximum Gasteiger partial charge on any atom is 0.303 e. The van der Waals surface area contributed by atoms with Crippen LogP contribution in [0.1, 0.15) is 32.1 Å². The van der Waals surface area contributed by atoms with E-state index in [9.17, 15) is 14.4 Å². The van der Waals surface area contributed by atoms with Crippen molar-refractivity contribution in [1.29, 1.82) is 0 Å². The van der Waals surface area contributed by atoms with E-state index in [4.69, 9.17) is 10.2 Å². The van der Waals surface area contributed by atoms with Crippen molar-refractivity contribution in [2.45, 2.75) is 32.1 Å². The quantitative estimate of drug-likeness (QED) is 0.584. The van der Waals surface area contributed by atoms with E-state index in [2.05, 4.69) is 0 Å². The predicted octanol–water partition coefficient (Wildman–Crippen LogP) is 0.152. The summed E-state index contributed by atoms with van der Waals surface area (Å²) in [5, 5.41) is 16.7. The summed E-state index contributed by atoms with van der Waals surface area (Å²) in [7, 11) is 0. The van der Waals surface area contributed by atoms with Gasteiger partial charge in [-0.2, -0.15) is 0 Å². The summed E-state index contributed by atoms with van der Waals surface area (Å²) in [6, 6.07) is 0. The van der Waals surface area contributed by atoms with Crippen molar-refractivity contribution in [3.8, 4) is 0 Å². The van der Waals surface area contributed by atoms with Crippen LogP contribution in [0, 0.1) is 0 Å². The Kier molecular flexibility index (Phi) is 6.57. The number of ketones is 2. The molecule has 80 valence electrons. The molecule has 0 radical (unpaired) electrons. The Balaban J connectivity index is 3.53. The van der Waals surface area contributed by atoms with Crippen molar-refractivity contribution >= 4 is 17.5 Å². The molecule has 2 N–H and O–H groups in total. The molecule has 0 heterocycles. The number of hydrogen-bond acceptors (Lipinski definition) is 4. The average Bonchev–Trinajstić information content (AvgIpc) is 2.12. The van der Waals surface area contributed by atoms with Gasteiger partial charge >= 0.3 is 5.97 Å². The largest absolute Gasteiger partial charge is 0.481 e. The Morgan fingerprint density at radius 1 is 0.786 bits per heavy atom. The van der Waals surface area contributed by atoms with Crippen LogP contribution in [0.5, 0.6) is 0 Å². The van der Waals surface area contributed by atoms with Gasteiger partial charge in [0.25, 0.3) is 0 Å². The number of carboxylic acid groups (broad SMARTS) is 1. The smallest absolute Gasteiger partial charge is 0.303 e. The zero-order valence-electron chi connectivity index (χ0n) is 7.86. The van der Waals surface area contributed by atoms with E-state index in [1.165, 1.54) is 0 Å². The number of hydrogen-bond donors (Lipinski definition) is 2. The van der Waals surface area contributed by atoms with Crippen LogP contribution in [0.2, 0.25) is 0 Å².